The fourth-order valence-corrected chi connectivity index (χ4v) is 2.02. The second-order valence-electron chi connectivity index (χ2n) is 4.16. The minimum Gasteiger partial charge on any atom is -0.316 e. The summed E-state index contributed by atoms with van der Waals surface area (Å²) in [5.41, 5.74) is 0. The Bertz CT molecular complexity index is 148. The van der Waals surface area contributed by atoms with Crippen molar-refractivity contribution >= 4 is 0 Å². The molecule has 0 radical (unpaired) electrons. The molecule has 1 fully saturated rings. The van der Waals surface area contributed by atoms with E-state index in [1.165, 1.54) is 39.0 Å². The van der Waals surface area contributed by atoms with Crippen LogP contribution in [0.15, 0.2) is 12.7 Å². The molecule has 1 N–H and O–H groups in total. The molecule has 1 rings (SSSR count). The van der Waals surface area contributed by atoms with Crippen molar-refractivity contribution in [3.05, 3.63) is 12.7 Å². The zero-order valence-electron chi connectivity index (χ0n) is 9.47. The van der Waals surface area contributed by atoms with E-state index in [2.05, 4.69) is 23.7 Å². The molecule has 0 saturated carbocycles. The molecule has 0 spiro atoms. The second kappa shape index (κ2) is 7.02. The smallest absolute Gasteiger partial charge is 0.00143 e. The minimum atomic E-state index is 0.905. The highest BCUT2D eigenvalue weighted by Gasteiger charge is 2.16. The highest BCUT2D eigenvalue weighted by atomic mass is 15.1. The van der Waals surface area contributed by atoms with Gasteiger partial charge in [-0.1, -0.05) is 13.0 Å². The Hall–Kier alpha value is -0.340. The zero-order chi connectivity index (χ0) is 10.2. The molecule has 0 amide bonds. The Morgan fingerprint density at radius 3 is 2.71 bits per heavy atom. The summed E-state index contributed by atoms with van der Waals surface area (Å²) in [6.07, 6.45) is 5.81. The predicted octanol–water partition coefficient (Wildman–Crippen LogP) is 1.88. The quantitative estimate of drug-likeness (QED) is 0.515. The molecule has 1 heterocycles. The molecule has 0 atom stereocenters. The van der Waals surface area contributed by atoms with Crippen molar-refractivity contribution in [2.75, 3.05) is 32.7 Å². The summed E-state index contributed by atoms with van der Waals surface area (Å²) in [7, 11) is 0. The fraction of sp³-hybridized carbons (Fsp3) is 0.833. The van der Waals surface area contributed by atoms with Gasteiger partial charge in [0.2, 0.25) is 0 Å². The summed E-state index contributed by atoms with van der Waals surface area (Å²) in [6, 6.07) is 0. The zero-order valence-corrected chi connectivity index (χ0v) is 9.47. The van der Waals surface area contributed by atoms with E-state index >= 15 is 0 Å². The molecule has 0 aromatic carbocycles. The first-order chi connectivity index (χ1) is 6.86. The molecule has 1 aliphatic heterocycles. The van der Waals surface area contributed by atoms with Crippen LogP contribution in [-0.2, 0) is 0 Å². The third kappa shape index (κ3) is 4.25. The van der Waals surface area contributed by atoms with E-state index < -0.39 is 0 Å². The van der Waals surface area contributed by atoms with Crippen LogP contribution in [0, 0.1) is 5.92 Å². The maximum absolute atomic E-state index is 3.72. The van der Waals surface area contributed by atoms with Gasteiger partial charge in [0.25, 0.3) is 0 Å². The molecule has 1 saturated heterocycles. The van der Waals surface area contributed by atoms with Gasteiger partial charge in [0, 0.05) is 0 Å². The molecule has 0 unspecified atom stereocenters. The summed E-state index contributed by atoms with van der Waals surface area (Å²) in [4.78, 5) is 2.54. The number of nitrogens with one attached hydrogen (secondary N) is 1. The van der Waals surface area contributed by atoms with Crippen molar-refractivity contribution in [2.24, 2.45) is 5.92 Å². The molecule has 0 bridgehead atoms. The highest BCUT2D eigenvalue weighted by molar-refractivity contribution is 4.74. The van der Waals surface area contributed by atoms with Crippen molar-refractivity contribution in [1.82, 2.24) is 10.2 Å². The van der Waals surface area contributed by atoms with E-state index in [-0.39, 0.29) is 0 Å². The molecular weight excluding hydrogens is 172 g/mol. The molecule has 0 aliphatic carbocycles. The lowest BCUT2D eigenvalue weighted by Crippen LogP contribution is -2.37. The number of piperidine rings is 1. The number of nitrogens with zero attached hydrogens (tertiary/aromatic N) is 1. The molecule has 14 heavy (non-hydrogen) atoms. The summed E-state index contributed by atoms with van der Waals surface area (Å²) in [5.74, 6) is 0.905. The Morgan fingerprint density at radius 1 is 1.43 bits per heavy atom. The first-order valence-corrected chi connectivity index (χ1v) is 5.90. The molecule has 1 aliphatic rings. The largest absolute Gasteiger partial charge is 0.316 e. The van der Waals surface area contributed by atoms with Crippen molar-refractivity contribution in [1.29, 1.82) is 0 Å². The van der Waals surface area contributed by atoms with Crippen molar-refractivity contribution in [3.63, 3.8) is 0 Å². The second-order valence-corrected chi connectivity index (χ2v) is 4.16. The maximum Gasteiger partial charge on any atom is -0.00143 e. The van der Waals surface area contributed by atoms with Crippen LogP contribution in [0.25, 0.3) is 0 Å². The molecule has 0 aromatic heterocycles. The summed E-state index contributed by atoms with van der Waals surface area (Å²) < 4.78 is 0. The summed E-state index contributed by atoms with van der Waals surface area (Å²) in [5, 5.41) is 3.50. The monoisotopic (exact) mass is 196 g/mol. The van der Waals surface area contributed by atoms with Gasteiger partial charge >= 0.3 is 0 Å². The normalized spacial score (nSPS) is 19.8. The van der Waals surface area contributed by atoms with Crippen LogP contribution in [0.4, 0.5) is 0 Å². The van der Waals surface area contributed by atoms with Gasteiger partial charge in [-0.25, -0.2) is 0 Å². The molecule has 82 valence electrons. The lowest BCUT2D eigenvalue weighted by atomic mass is 9.97. The van der Waals surface area contributed by atoms with Crippen molar-refractivity contribution in [2.45, 2.75) is 26.2 Å². The number of hydrogen-bond donors (Lipinski definition) is 1. The van der Waals surface area contributed by atoms with Crippen LogP contribution in [0.1, 0.15) is 26.2 Å². The minimum absolute atomic E-state index is 0.905. The molecule has 2 heteroatoms. The van der Waals surface area contributed by atoms with Crippen LogP contribution >= 0.6 is 0 Å². The molecular formula is C12H24N2. The number of hydrogen-bond acceptors (Lipinski definition) is 2. The van der Waals surface area contributed by atoms with E-state index in [1.54, 1.807) is 0 Å². The summed E-state index contributed by atoms with van der Waals surface area (Å²) in [6.45, 7) is 12.1. The van der Waals surface area contributed by atoms with Crippen LogP contribution in [0.5, 0.6) is 0 Å². The van der Waals surface area contributed by atoms with Gasteiger partial charge in [-0.2, -0.15) is 0 Å². The molecule has 0 aromatic rings. The molecule has 2 nitrogen and oxygen atoms in total. The number of likely N-dealkylation sites (tertiary alicyclic amines) is 1. The van der Waals surface area contributed by atoms with Crippen molar-refractivity contribution < 1.29 is 0 Å². The average Bonchev–Trinajstić information content (AvgIpc) is 2.25. The van der Waals surface area contributed by atoms with Gasteiger partial charge < -0.3 is 10.2 Å². The Kier molecular flexibility index (Phi) is 5.88. The van der Waals surface area contributed by atoms with Gasteiger partial charge in [-0.15, -0.1) is 6.58 Å². The Labute approximate surface area is 88.4 Å². The third-order valence-electron chi connectivity index (χ3n) is 3.11. The summed E-state index contributed by atoms with van der Waals surface area (Å²) >= 11 is 0. The number of rotatable bonds is 6. The lowest BCUT2D eigenvalue weighted by Gasteiger charge is -2.31. The predicted molar refractivity (Wildman–Crippen MR) is 62.5 cm³/mol. The fourth-order valence-electron chi connectivity index (χ4n) is 2.02. The van der Waals surface area contributed by atoms with E-state index in [1.807, 2.05) is 6.08 Å². The van der Waals surface area contributed by atoms with Crippen LogP contribution in [0.3, 0.4) is 0 Å². The maximum atomic E-state index is 3.72. The van der Waals surface area contributed by atoms with Gasteiger partial charge in [-0.3, -0.25) is 0 Å². The first-order valence-electron chi connectivity index (χ1n) is 5.90. The first kappa shape index (κ1) is 11.7. The van der Waals surface area contributed by atoms with E-state index in [4.69, 9.17) is 0 Å². The topological polar surface area (TPSA) is 15.3 Å². The standard InChI is InChI=1S/C12H24N2/c1-3-5-8-13-11-12-6-9-14(4-2)10-7-12/h3,12-13H,1,4-11H2,2H3. The van der Waals surface area contributed by atoms with Crippen molar-refractivity contribution in [3.8, 4) is 0 Å². The van der Waals surface area contributed by atoms with Crippen LogP contribution < -0.4 is 5.32 Å². The van der Waals surface area contributed by atoms with Gasteiger partial charge in [0.1, 0.15) is 0 Å². The van der Waals surface area contributed by atoms with Crippen LogP contribution in [0.2, 0.25) is 0 Å². The Morgan fingerprint density at radius 2 is 2.14 bits per heavy atom. The third-order valence-corrected chi connectivity index (χ3v) is 3.11. The van der Waals surface area contributed by atoms with E-state index in [0.29, 0.717) is 0 Å². The van der Waals surface area contributed by atoms with Gasteiger partial charge in [-0.05, 0) is 57.9 Å². The highest BCUT2D eigenvalue weighted by Crippen LogP contribution is 2.15. The van der Waals surface area contributed by atoms with Gasteiger partial charge in [0.15, 0.2) is 0 Å². The van der Waals surface area contributed by atoms with E-state index in [0.717, 1.165) is 18.9 Å². The van der Waals surface area contributed by atoms with E-state index in [9.17, 15) is 0 Å². The average molecular weight is 196 g/mol. The van der Waals surface area contributed by atoms with Gasteiger partial charge in [0.05, 0.1) is 0 Å². The SMILES string of the molecule is C=CCCNCC1CCN(CC)CC1. The van der Waals surface area contributed by atoms with Crippen LogP contribution in [-0.4, -0.2) is 37.6 Å². The lowest BCUT2D eigenvalue weighted by molar-refractivity contribution is 0.190. The Balaban J connectivity index is 2.01.